The molecule has 3 rings (SSSR count). The highest BCUT2D eigenvalue weighted by atomic mass is 16.1. The van der Waals surface area contributed by atoms with Crippen LogP contribution in [0.1, 0.15) is 142 Å². The van der Waals surface area contributed by atoms with Crippen LogP contribution < -0.4 is 0 Å². The van der Waals surface area contributed by atoms with Crippen LogP contribution in [0.4, 0.5) is 0 Å². The van der Waals surface area contributed by atoms with E-state index in [1.165, 1.54) is 135 Å². The summed E-state index contributed by atoms with van der Waals surface area (Å²) in [5, 5.41) is 0. The highest BCUT2D eigenvalue weighted by Crippen LogP contribution is 2.57. The van der Waals surface area contributed by atoms with E-state index in [-0.39, 0.29) is 0 Å². The molecular weight excluding hydrogens is 364 g/mol. The van der Waals surface area contributed by atoms with Gasteiger partial charge >= 0.3 is 0 Å². The minimum absolute atomic E-state index is 0.365. The van der Waals surface area contributed by atoms with Crippen molar-refractivity contribution in [3.8, 4) is 0 Å². The Labute approximate surface area is 188 Å². The molecule has 0 saturated heterocycles. The van der Waals surface area contributed by atoms with Gasteiger partial charge in [-0.25, -0.2) is 0 Å². The lowest BCUT2D eigenvalue weighted by Gasteiger charge is -2.53. The molecule has 0 aliphatic heterocycles. The van der Waals surface area contributed by atoms with E-state index in [0.717, 1.165) is 17.8 Å². The number of hydrogen-bond donors (Lipinski definition) is 0. The van der Waals surface area contributed by atoms with Crippen LogP contribution in [-0.2, 0) is 4.79 Å². The van der Waals surface area contributed by atoms with Crippen molar-refractivity contribution in [3.63, 3.8) is 0 Å². The second kappa shape index (κ2) is 12.6. The molecular formula is C29H52O. The number of rotatable bonds is 11. The molecule has 30 heavy (non-hydrogen) atoms. The molecule has 0 radical (unpaired) electrons. The van der Waals surface area contributed by atoms with Gasteiger partial charge in [-0.05, 0) is 80.5 Å². The second-order valence-corrected chi connectivity index (χ2v) is 11.6. The van der Waals surface area contributed by atoms with Crippen LogP contribution >= 0.6 is 0 Å². The maximum absolute atomic E-state index is 12.7. The van der Waals surface area contributed by atoms with Crippen LogP contribution in [0.2, 0.25) is 0 Å². The van der Waals surface area contributed by atoms with Crippen LogP contribution in [0.15, 0.2) is 0 Å². The zero-order valence-corrected chi connectivity index (χ0v) is 20.5. The maximum atomic E-state index is 12.7. The van der Waals surface area contributed by atoms with Crippen LogP contribution in [-0.4, -0.2) is 6.29 Å². The summed E-state index contributed by atoms with van der Waals surface area (Å²) >= 11 is 0. The molecule has 0 bridgehead atoms. The Morgan fingerprint density at radius 1 is 0.767 bits per heavy atom. The summed E-state index contributed by atoms with van der Waals surface area (Å²) in [4.78, 5) is 12.7. The zero-order valence-electron chi connectivity index (χ0n) is 20.5. The molecule has 3 saturated carbocycles. The summed E-state index contributed by atoms with van der Waals surface area (Å²) in [6, 6.07) is 0. The summed E-state index contributed by atoms with van der Waals surface area (Å²) in [6.07, 6.45) is 29.4. The highest BCUT2D eigenvalue weighted by Gasteiger charge is 2.49. The molecule has 0 aromatic rings. The van der Waals surface area contributed by atoms with Gasteiger partial charge in [-0.1, -0.05) is 90.9 Å². The normalized spacial score (nSPS) is 34.5. The standard InChI is InChI=1S/C29H52O/c1-3-5-6-7-9-12-25-15-17-26(18-16-25)28(23-30)29(27-13-10-8-11-14-27)21-19-24(4-2)20-22-29/h23-28H,3-22H2,1-2H3/t24-,25?,26?,28?,29+. The van der Waals surface area contributed by atoms with Crippen molar-refractivity contribution in [3.05, 3.63) is 0 Å². The lowest BCUT2D eigenvalue weighted by atomic mass is 9.51. The van der Waals surface area contributed by atoms with Crippen molar-refractivity contribution in [1.82, 2.24) is 0 Å². The molecule has 1 atom stereocenters. The topological polar surface area (TPSA) is 17.1 Å². The van der Waals surface area contributed by atoms with Gasteiger partial charge in [-0.3, -0.25) is 0 Å². The number of aldehydes is 1. The number of hydrogen-bond acceptors (Lipinski definition) is 1. The van der Waals surface area contributed by atoms with E-state index in [0.29, 0.717) is 17.3 Å². The zero-order chi connectivity index (χ0) is 21.2. The molecule has 1 unspecified atom stereocenters. The summed E-state index contributed by atoms with van der Waals surface area (Å²) in [5.41, 5.74) is 0.367. The lowest BCUT2D eigenvalue weighted by molar-refractivity contribution is -0.125. The Kier molecular flexibility index (Phi) is 10.2. The van der Waals surface area contributed by atoms with Gasteiger partial charge in [0.05, 0.1) is 0 Å². The third-order valence-corrected chi connectivity index (χ3v) is 9.96. The van der Waals surface area contributed by atoms with Gasteiger partial charge in [0.2, 0.25) is 0 Å². The van der Waals surface area contributed by atoms with Crippen LogP contribution in [0.3, 0.4) is 0 Å². The van der Waals surface area contributed by atoms with Crippen molar-refractivity contribution in [1.29, 1.82) is 0 Å². The quantitative estimate of drug-likeness (QED) is 0.242. The molecule has 1 heteroatoms. The molecule has 0 heterocycles. The van der Waals surface area contributed by atoms with Crippen molar-refractivity contribution < 1.29 is 4.79 Å². The van der Waals surface area contributed by atoms with Gasteiger partial charge in [-0.15, -0.1) is 0 Å². The first-order valence-electron chi connectivity index (χ1n) is 14.2. The van der Waals surface area contributed by atoms with Gasteiger partial charge in [0, 0.05) is 5.92 Å². The fourth-order valence-electron chi connectivity index (χ4n) is 7.90. The predicted octanol–water partition coefficient (Wildman–Crippen LogP) is 9.14. The first-order valence-corrected chi connectivity index (χ1v) is 14.2. The van der Waals surface area contributed by atoms with E-state index >= 15 is 0 Å². The van der Waals surface area contributed by atoms with E-state index < -0.39 is 0 Å². The number of unbranched alkanes of at least 4 members (excludes halogenated alkanes) is 4. The molecule has 0 spiro atoms. The fourth-order valence-corrected chi connectivity index (χ4v) is 7.90. The molecule has 0 amide bonds. The summed E-state index contributed by atoms with van der Waals surface area (Å²) in [5.74, 6) is 3.78. The van der Waals surface area contributed by atoms with E-state index in [9.17, 15) is 4.79 Å². The highest BCUT2D eigenvalue weighted by molar-refractivity contribution is 5.56. The van der Waals surface area contributed by atoms with Gasteiger partial charge in [-0.2, -0.15) is 0 Å². The lowest BCUT2D eigenvalue weighted by Crippen LogP contribution is -2.46. The van der Waals surface area contributed by atoms with E-state index in [1.54, 1.807) is 0 Å². The van der Waals surface area contributed by atoms with Crippen LogP contribution in [0.25, 0.3) is 0 Å². The molecule has 0 aromatic carbocycles. The van der Waals surface area contributed by atoms with Crippen molar-refractivity contribution in [2.45, 2.75) is 142 Å². The van der Waals surface area contributed by atoms with Gasteiger partial charge in [0.1, 0.15) is 6.29 Å². The Bertz CT molecular complexity index is 461. The number of carbonyl (C=O) groups excluding carboxylic acids is 1. The molecule has 3 fully saturated rings. The van der Waals surface area contributed by atoms with Crippen LogP contribution in [0.5, 0.6) is 0 Å². The molecule has 0 aromatic heterocycles. The third-order valence-electron chi connectivity index (χ3n) is 9.96. The van der Waals surface area contributed by atoms with Gasteiger partial charge < -0.3 is 4.79 Å². The number of carbonyl (C=O) groups is 1. The summed E-state index contributed by atoms with van der Waals surface area (Å²) in [7, 11) is 0. The average Bonchev–Trinajstić information content (AvgIpc) is 2.81. The summed E-state index contributed by atoms with van der Waals surface area (Å²) in [6.45, 7) is 4.68. The Morgan fingerprint density at radius 2 is 1.43 bits per heavy atom. The first-order chi connectivity index (χ1) is 14.7. The molecule has 1 nitrogen and oxygen atoms in total. The maximum Gasteiger partial charge on any atom is 0.123 e. The molecule has 174 valence electrons. The monoisotopic (exact) mass is 416 g/mol. The fraction of sp³-hybridized carbons (Fsp3) is 0.966. The summed E-state index contributed by atoms with van der Waals surface area (Å²) < 4.78 is 0. The Morgan fingerprint density at radius 3 is 2.03 bits per heavy atom. The molecule has 3 aliphatic rings. The predicted molar refractivity (Wildman–Crippen MR) is 130 cm³/mol. The van der Waals surface area contributed by atoms with Gasteiger partial charge in [0.15, 0.2) is 0 Å². The molecule has 3 aliphatic carbocycles. The van der Waals surface area contributed by atoms with E-state index in [1.807, 2.05) is 0 Å². The Hall–Kier alpha value is -0.330. The minimum Gasteiger partial charge on any atom is -0.303 e. The Balaban J connectivity index is 1.58. The smallest absolute Gasteiger partial charge is 0.123 e. The average molecular weight is 417 g/mol. The second-order valence-electron chi connectivity index (χ2n) is 11.6. The van der Waals surface area contributed by atoms with Gasteiger partial charge in [0.25, 0.3) is 0 Å². The third kappa shape index (κ3) is 6.13. The molecule has 0 N–H and O–H groups in total. The van der Waals surface area contributed by atoms with Crippen molar-refractivity contribution >= 4 is 6.29 Å². The van der Waals surface area contributed by atoms with E-state index in [4.69, 9.17) is 0 Å². The van der Waals surface area contributed by atoms with E-state index in [2.05, 4.69) is 13.8 Å². The van der Waals surface area contributed by atoms with Crippen molar-refractivity contribution in [2.75, 3.05) is 0 Å². The van der Waals surface area contributed by atoms with Crippen LogP contribution in [0, 0.1) is 35.0 Å². The first kappa shape index (κ1) is 24.3. The SMILES string of the molecule is CCCCCCCC1CCC(C(C=O)[C@]2(C3CCCCC3)CC[C@H](CC)CC2)CC1. The minimum atomic E-state index is 0.365. The largest absolute Gasteiger partial charge is 0.303 e. The van der Waals surface area contributed by atoms with Crippen molar-refractivity contribution in [2.24, 2.45) is 35.0 Å².